The number of nitrogens with zero attached hydrogens (tertiary/aromatic N) is 2. The third-order valence-electron chi connectivity index (χ3n) is 5.19. The number of anilines is 1. The normalized spacial score (nSPS) is 14.6. The van der Waals surface area contributed by atoms with E-state index >= 15 is 0 Å². The molecular formula is C25H19N3O8S2. The van der Waals surface area contributed by atoms with Crippen LogP contribution in [0.15, 0.2) is 82.6 Å². The molecule has 3 aromatic carbocycles. The van der Waals surface area contributed by atoms with E-state index in [1.807, 2.05) is 0 Å². The Bertz CT molecular complexity index is 1570. The van der Waals surface area contributed by atoms with Gasteiger partial charge in [-0.2, -0.15) is 8.42 Å². The van der Waals surface area contributed by atoms with Crippen molar-refractivity contribution in [2.75, 3.05) is 5.32 Å². The summed E-state index contributed by atoms with van der Waals surface area (Å²) in [5.41, 5.74) is 1.30. The van der Waals surface area contributed by atoms with Crippen molar-refractivity contribution in [3.63, 3.8) is 0 Å². The van der Waals surface area contributed by atoms with E-state index in [1.165, 1.54) is 79.7 Å². The number of imide groups is 1. The maximum absolute atomic E-state index is 12.8. The van der Waals surface area contributed by atoms with Crippen molar-refractivity contribution in [2.24, 2.45) is 0 Å². The van der Waals surface area contributed by atoms with Crippen LogP contribution in [-0.4, -0.2) is 35.3 Å². The van der Waals surface area contributed by atoms with Gasteiger partial charge in [-0.3, -0.25) is 29.4 Å². The number of thioether (sulfide) groups is 1. The van der Waals surface area contributed by atoms with E-state index in [4.69, 9.17) is 4.18 Å². The second kappa shape index (κ2) is 10.9. The maximum atomic E-state index is 12.8. The van der Waals surface area contributed by atoms with Crippen LogP contribution in [0.2, 0.25) is 0 Å². The number of nitro benzene ring substituents is 1. The first kappa shape index (κ1) is 26.6. The van der Waals surface area contributed by atoms with Gasteiger partial charge in [-0.15, -0.1) is 0 Å². The molecule has 1 heterocycles. The number of amides is 3. The zero-order valence-corrected chi connectivity index (χ0v) is 21.3. The monoisotopic (exact) mass is 553 g/mol. The first-order chi connectivity index (χ1) is 18.0. The number of hydrogen-bond donors (Lipinski definition) is 1. The molecule has 0 saturated carbocycles. The highest BCUT2D eigenvalue weighted by Crippen LogP contribution is 2.34. The maximum Gasteiger partial charge on any atom is 0.339 e. The smallest absolute Gasteiger partial charge is 0.339 e. The van der Waals surface area contributed by atoms with Gasteiger partial charge in [0.2, 0.25) is 5.91 Å². The topological polar surface area (TPSA) is 153 Å². The van der Waals surface area contributed by atoms with Gasteiger partial charge in [0.15, 0.2) is 0 Å². The Hall–Kier alpha value is -4.49. The van der Waals surface area contributed by atoms with E-state index in [1.54, 1.807) is 6.07 Å². The molecule has 0 atom stereocenters. The van der Waals surface area contributed by atoms with E-state index in [9.17, 15) is 32.9 Å². The van der Waals surface area contributed by atoms with Gasteiger partial charge >= 0.3 is 10.1 Å². The average Bonchev–Trinajstić information content (AvgIpc) is 3.11. The zero-order chi connectivity index (χ0) is 27.4. The predicted molar refractivity (Wildman–Crippen MR) is 140 cm³/mol. The molecule has 0 aromatic heterocycles. The molecular weight excluding hydrogens is 534 g/mol. The summed E-state index contributed by atoms with van der Waals surface area (Å²) < 4.78 is 30.6. The number of non-ortho nitro benzene ring substituents is 1. The quantitative estimate of drug-likeness (QED) is 0.183. The number of hydrogen-bond acceptors (Lipinski definition) is 9. The molecule has 3 amide bonds. The van der Waals surface area contributed by atoms with Crippen LogP contribution < -0.4 is 9.50 Å². The van der Waals surface area contributed by atoms with Crippen LogP contribution in [0.4, 0.5) is 16.2 Å². The Balaban J connectivity index is 1.47. The molecule has 38 heavy (non-hydrogen) atoms. The van der Waals surface area contributed by atoms with Crippen LogP contribution in [0.3, 0.4) is 0 Å². The van der Waals surface area contributed by atoms with E-state index in [0.29, 0.717) is 16.8 Å². The van der Waals surface area contributed by atoms with Crippen molar-refractivity contribution in [1.82, 2.24) is 4.90 Å². The van der Waals surface area contributed by atoms with E-state index in [0.717, 1.165) is 16.7 Å². The Labute approximate surface area is 221 Å². The highest BCUT2D eigenvalue weighted by Gasteiger charge is 2.35. The van der Waals surface area contributed by atoms with Gasteiger partial charge < -0.3 is 9.50 Å². The molecule has 13 heteroatoms. The van der Waals surface area contributed by atoms with Crippen molar-refractivity contribution < 1.29 is 31.9 Å². The van der Waals surface area contributed by atoms with Crippen molar-refractivity contribution in [2.45, 2.75) is 18.4 Å². The Morgan fingerprint density at radius 1 is 1.08 bits per heavy atom. The predicted octanol–water partition coefficient (Wildman–Crippen LogP) is 4.56. The van der Waals surface area contributed by atoms with Gasteiger partial charge in [-0.1, -0.05) is 24.3 Å². The minimum atomic E-state index is -4.18. The number of benzene rings is 3. The summed E-state index contributed by atoms with van der Waals surface area (Å²) in [4.78, 5) is 47.7. The van der Waals surface area contributed by atoms with Crippen molar-refractivity contribution in [3.05, 3.63) is 98.9 Å². The van der Waals surface area contributed by atoms with Crippen LogP contribution in [0, 0.1) is 10.1 Å². The molecule has 1 aliphatic heterocycles. The molecule has 4 rings (SSSR count). The Kier molecular flexibility index (Phi) is 7.60. The van der Waals surface area contributed by atoms with Crippen LogP contribution in [0.5, 0.6) is 5.75 Å². The SMILES string of the molecule is CC(=O)Nc1ccc(S(=O)(=O)Oc2cccc(/C=C3\SC(=O)N(Cc4ccc([N+](=O)[O-])cc4)C3=O)c2)cc1. The largest absolute Gasteiger partial charge is 0.379 e. The molecule has 1 fully saturated rings. The summed E-state index contributed by atoms with van der Waals surface area (Å²) in [6.45, 7) is 1.28. The highest BCUT2D eigenvalue weighted by molar-refractivity contribution is 8.18. The summed E-state index contributed by atoms with van der Waals surface area (Å²) in [7, 11) is -4.18. The van der Waals surface area contributed by atoms with Gasteiger partial charge in [0.1, 0.15) is 10.6 Å². The lowest BCUT2D eigenvalue weighted by Crippen LogP contribution is -2.27. The lowest BCUT2D eigenvalue weighted by molar-refractivity contribution is -0.384. The van der Waals surface area contributed by atoms with E-state index in [2.05, 4.69) is 5.32 Å². The fourth-order valence-corrected chi connectivity index (χ4v) is 5.19. The number of carbonyl (C=O) groups excluding carboxylic acids is 3. The standard InChI is InChI=1S/C25H19N3O8S2/c1-16(29)26-19-7-11-22(12-8-19)38(34,35)36-21-4-2-3-18(13-21)14-23-24(30)27(25(31)37-23)15-17-5-9-20(10-6-17)28(32)33/h2-14H,15H2,1H3,(H,26,29)/b23-14-. The van der Waals surface area contributed by atoms with Crippen LogP contribution >= 0.6 is 11.8 Å². The summed E-state index contributed by atoms with van der Waals surface area (Å²) >= 11 is 0.727. The highest BCUT2D eigenvalue weighted by atomic mass is 32.2. The number of rotatable bonds is 8. The fraction of sp³-hybridized carbons (Fsp3) is 0.0800. The number of nitrogens with one attached hydrogen (secondary N) is 1. The fourth-order valence-electron chi connectivity index (χ4n) is 3.43. The molecule has 3 aromatic rings. The minimum Gasteiger partial charge on any atom is -0.379 e. The summed E-state index contributed by atoms with van der Waals surface area (Å²) in [5, 5.41) is 12.9. The van der Waals surface area contributed by atoms with Crippen molar-refractivity contribution >= 4 is 56.4 Å². The Morgan fingerprint density at radius 2 is 1.76 bits per heavy atom. The lowest BCUT2D eigenvalue weighted by atomic mass is 10.2. The van der Waals surface area contributed by atoms with Gasteiger partial charge in [0.25, 0.3) is 16.8 Å². The molecule has 1 aliphatic rings. The molecule has 11 nitrogen and oxygen atoms in total. The van der Waals surface area contributed by atoms with E-state index < -0.39 is 26.2 Å². The number of carbonyl (C=O) groups is 3. The summed E-state index contributed by atoms with van der Waals surface area (Å²) in [6.07, 6.45) is 1.45. The van der Waals surface area contributed by atoms with Crippen molar-refractivity contribution in [1.29, 1.82) is 0 Å². The second-order valence-electron chi connectivity index (χ2n) is 8.01. The average molecular weight is 554 g/mol. The zero-order valence-electron chi connectivity index (χ0n) is 19.7. The summed E-state index contributed by atoms with van der Waals surface area (Å²) in [5.74, 6) is -0.843. The molecule has 0 unspecified atom stereocenters. The minimum absolute atomic E-state index is 0.00482. The molecule has 1 saturated heterocycles. The van der Waals surface area contributed by atoms with Gasteiger partial charge in [0, 0.05) is 24.7 Å². The first-order valence-electron chi connectivity index (χ1n) is 10.9. The van der Waals surface area contributed by atoms with Crippen LogP contribution in [0.25, 0.3) is 6.08 Å². The number of nitro groups is 1. The molecule has 0 radical (unpaired) electrons. The third kappa shape index (κ3) is 6.25. The van der Waals surface area contributed by atoms with Crippen LogP contribution in [0.1, 0.15) is 18.1 Å². The Morgan fingerprint density at radius 3 is 2.39 bits per heavy atom. The van der Waals surface area contributed by atoms with Crippen LogP contribution in [-0.2, 0) is 26.3 Å². The molecule has 0 aliphatic carbocycles. The van der Waals surface area contributed by atoms with Crippen molar-refractivity contribution in [3.8, 4) is 5.75 Å². The van der Waals surface area contributed by atoms with Gasteiger partial charge in [-0.25, -0.2) is 0 Å². The first-order valence-corrected chi connectivity index (χ1v) is 13.2. The summed E-state index contributed by atoms with van der Waals surface area (Å²) in [6, 6.07) is 17.0. The van der Waals surface area contributed by atoms with E-state index in [-0.39, 0.29) is 33.7 Å². The second-order valence-corrected chi connectivity index (χ2v) is 10.5. The third-order valence-corrected chi connectivity index (χ3v) is 7.36. The molecule has 0 spiro atoms. The lowest BCUT2D eigenvalue weighted by Gasteiger charge is -2.12. The molecule has 0 bridgehead atoms. The van der Waals surface area contributed by atoms with Gasteiger partial charge in [0.05, 0.1) is 16.4 Å². The molecule has 194 valence electrons. The molecule has 1 N–H and O–H groups in total. The van der Waals surface area contributed by atoms with Gasteiger partial charge in [-0.05, 0) is 65.4 Å².